The van der Waals surface area contributed by atoms with E-state index in [-0.39, 0.29) is 19.1 Å². The highest BCUT2D eigenvalue weighted by molar-refractivity contribution is 5.96. The van der Waals surface area contributed by atoms with Crippen molar-refractivity contribution in [2.75, 3.05) is 19.8 Å². The number of aryl methyl sites for hydroxylation is 1. The summed E-state index contributed by atoms with van der Waals surface area (Å²) in [4.78, 5) is 24.6. The average molecular weight is 253 g/mol. The van der Waals surface area contributed by atoms with Crippen molar-refractivity contribution in [1.82, 2.24) is 14.7 Å². The molecule has 0 radical (unpaired) electrons. The van der Waals surface area contributed by atoms with Gasteiger partial charge in [0.1, 0.15) is 0 Å². The summed E-state index contributed by atoms with van der Waals surface area (Å²) in [6.07, 6.45) is 3.08. The second-order valence-corrected chi connectivity index (χ2v) is 4.01. The number of ether oxygens (including phenoxy) is 1. The van der Waals surface area contributed by atoms with Gasteiger partial charge in [0.2, 0.25) is 0 Å². The van der Waals surface area contributed by atoms with Crippen LogP contribution in [0.4, 0.5) is 0 Å². The molecule has 1 aromatic rings. The number of carbonyl (C=O) groups is 2. The topological polar surface area (TPSA) is 84.7 Å². The van der Waals surface area contributed by atoms with Crippen molar-refractivity contribution in [2.45, 2.75) is 19.5 Å². The van der Waals surface area contributed by atoms with Crippen molar-refractivity contribution in [2.24, 2.45) is 0 Å². The van der Waals surface area contributed by atoms with Gasteiger partial charge >= 0.3 is 5.97 Å². The van der Waals surface area contributed by atoms with Gasteiger partial charge in [0.05, 0.1) is 25.0 Å². The molecule has 0 bridgehead atoms. The molecule has 1 fully saturated rings. The molecule has 1 atom stereocenters. The number of carboxylic acid groups (broad SMARTS) is 1. The number of morpholine rings is 1. The van der Waals surface area contributed by atoms with Gasteiger partial charge in [0, 0.05) is 19.3 Å². The molecule has 98 valence electrons. The van der Waals surface area contributed by atoms with Crippen LogP contribution >= 0.6 is 0 Å². The molecule has 0 aliphatic carbocycles. The summed E-state index contributed by atoms with van der Waals surface area (Å²) in [6.45, 7) is 3.25. The van der Waals surface area contributed by atoms with E-state index in [1.54, 1.807) is 10.9 Å². The van der Waals surface area contributed by atoms with Crippen LogP contribution in [0, 0.1) is 0 Å². The number of aliphatic carboxylic acids is 1. The summed E-state index contributed by atoms with van der Waals surface area (Å²) in [5, 5.41) is 13.1. The molecule has 0 aromatic carbocycles. The lowest BCUT2D eigenvalue weighted by atomic mass is 10.2. The molecule has 7 nitrogen and oxygen atoms in total. The summed E-state index contributed by atoms with van der Waals surface area (Å²) in [5.41, 5.74) is 0.407. The monoisotopic (exact) mass is 253 g/mol. The third-order valence-corrected chi connectivity index (χ3v) is 2.88. The second kappa shape index (κ2) is 5.18. The third kappa shape index (κ3) is 2.35. The Bertz CT molecular complexity index is 457. The number of hydrogen-bond acceptors (Lipinski definition) is 4. The van der Waals surface area contributed by atoms with Gasteiger partial charge in [0.25, 0.3) is 5.91 Å². The highest BCUT2D eigenvalue weighted by atomic mass is 16.5. The Balaban J connectivity index is 2.17. The van der Waals surface area contributed by atoms with E-state index in [1.807, 2.05) is 6.92 Å². The fourth-order valence-corrected chi connectivity index (χ4v) is 1.86. The van der Waals surface area contributed by atoms with Gasteiger partial charge in [-0.1, -0.05) is 0 Å². The lowest BCUT2D eigenvalue weighted by molar-refractivity contribution is -0.147. The largest absolute Gasteiger partial charge is 0.480 e. The van der Waals surface area contributed by atoms with Crippen LogP contribution in [0.1, 0.15) is 17.3 Å². The summed E-state index contributed by atoms with van der Waals surface area (Å²) >= 11 is 0. The van der Waals surface area contributed by atoms with Crippen LogP contribution in [0.2, 0.25) is 0 Å². The Morgan fingerprint density at radius 1 is 1.61 bits per heavy atom. The normalized spacial score (nSPS) is 19.8. The zero-order valence-corrected chi connectivity index (χ0v) is 10.1. The molecule has 1 aliphatic rings. The number of carboxylic acids is 1. The zero-order chi connectivity index (χ0) is 13.1. The van der Waals surface area contributed by atoms with Gasteiger partial charge in [-0.25, -0.2) is 4.79 Å². The molecule has 2 heterocycles. The Kier molecular flexibility index (Phi) is 3.61. The first-order valence-corrected chi connectivity index (χ1v) is 5.77. The quantitative estimate of drug-likeness (QED) is 0.808. The van der Waals surface area contributed by atoms with Gasteiger partial charge < -0.3 is 14.7 Å². The molecule has 2 rings (SSSR count). The number of carbonyl (C=O) groups excluding carboxylic acids is 1. The Morgan fingerprint density at radius 3 is 3.00 bits per heavy atom. The zero-order valence-electron chi connectivity index (χ0n) is 10.1. The van der Waals surface area contributed by atoms with Gasteiger partial charge in [-0.05, 0) is 6.92 Å². The van der Waals surface area contributed by atoms with E-state index in [0.29, 0.717) is 18.7 Å². The fraction of sp³-hybridized carbons (Fsp3) is 0.545. The summed E-state index contributed by atoms with van der Waals surface area (Å²) in [7, 11) is 0. The van der Waals surface area contributed by atoms with Crippen LogP contribution < -0.4 is 0 Å². The first kappa shape index (κ1) is 12.6. The molecule has 1 amide bonds. The number of aromatic nitrogens is 2. The molecule has 1 N–H and O–H groups in total. The van der Waals surface area contributed by atoms with E-state index in [4.69, 9.17) is 9.84 Å². The molecule has 7 heteroatoms. The minimum Gasteiger partial charge on any atom is -0.480 e. The van der Waals surface area contributed by atoms with Gasteiger partial charge in [-0.3, -0.25) is 9.48 Å². The molecule has 0 saturated carbocycles. The van der Waals surface area contributed by atoms with Crippen LogP contribution in [0.5, 0.6) is 0 Å². The van der Waals surface area contributed by atoms with Crippen LogP contribution in [-0.4, -0.2) is 57.5 Å². The molecule has 1 unspecified atom stereocenters. The minimum atomic E-state index is -1.05. The van der Waals surface area contributed by atoms with E-state index < -0.39 is 12.0 Å². The van der Waals surface area contributed by atoms with Crippen LogP contribution in [-0.2, 0) is 16.1 Å². The standard InChI is InChI=1S/C11H15N3O4/c1-2-13-6-8(5-12-13)10(15)14-3-4-18-7-9(14)11(16)17/h5-6,9H,2-4,7H2,1H3,(H,16,17). The van der Waals surface area contributed by atoms with Crippen molar-refractivity contribution in [3.05, 3.63) is 18.0 Å². The van der Waals surface area contributed by atoms with Crippen LogP contribution in [0.3, 0.4) is 0 Å². The van der Waals surface area contributed by atoms with Gasteiger partial charge in [-0.2, -0.15) is 5.10 Å². The van der Waals surface area contributed by atoms with Crippen molar-refractivity contribution in [3.8, 4) is 0 Å². The molecular weight excluding hydrogens is 238 g/mol. The lowest BCUT2D eigenvalue weighted by Gasteiger charge is -2.32. The van der Waals surface area contributed by atoms with Crippen LogP contribution in [0.15, 0.2) is 12.4 Å². The van der Waals surface area contributed by atoms with Crippen molar-refractivity contribution in [1.29, 1.82) is 0 Å². The average Bonchev–Trinajstić information content (AvgIpc) is 2.86. The van der Waals surface area contributed by atoms with Crippen LogP contribution in [0.25, 0.3) is 0 Å². The summed E-state index contributed by atoms with van der Waals surface area (Å²) < 4.78 is 6.72. The van der Waals surface area contributed by atoms with Crippen molar-refractivity contribution in [3.63, 3.8) is 0 Å². The second-order valence-electron chi connectivity index (χ2n) is 4.01. The maximum absolute atomic E-state index is 12.2. The lowest BCUT2D eigenvalue weighted by Crippen LogP contribution is -2.52. The smallest absolute Gasteiger partial charge is 0.328 e. The molecule has 1 saturated heterocycles. The SMILES string of the molecule is CCn1cc(C(=O)N2CCOCC2C(=O)O)cn1. The maximum atomic E-state index is 12.2. The van der Waals surface area contributed by atoms with Gasteiger partial charge in [0.15, 0.2) is 6.04 Å². The predicted molar refractivity (Wildman–Crippen MR) is 61.2 cm³/mol. The maximum Gasteiger partial charge on any atom is 0.328 e. The Morgan fingerprint density at radius 2 is 2.39 bits per heavy atom. The Hall–Kier alpha value is -1.89. The van der Waals surface area contributed by atoms with Crippen molar-refractivity contribution >= 4 is 11.9 Å². The van der Waals surface area contributed by atoms with E-state index in [2.05, 4.69) is 5.10 Å². The number of hydrogen-bond donors (Lipinski definition) is 1. The minimum absolute atomic E-state index is 0.0307. The molecule has 18 heavy (non-hydrogen) atoms. The first-order valence-electron chi connectivity index (χ1n) is 5.77. The highest BCUT2D eigenvalue weighted by Crippen LogP contribution is 2.12. The molecule has 0 spiro atoms. The molecular formula is C11H15N3O4. The third-order valence-electron chi connectivity index (χ3n) is 2.88. The number of nitrogens with zero attached hydrogens (tertiary/aromatic N) is 3. The van der Waals surface area contributed by atoms with Crippen molar-refractivity contribution < 1.29 is 19.4 Å². The molecule has 1 aliphatic heterocycles. The van der Waals surface area contributed by atoms with E-state index in [0.717, 1.165) is 0 Å². The highest BCUT2D eigenvalue weighted by Gasteiger charge is 2.33. The fourth-order valence-electron chi connectivity index (χ4n) is 1.86. The van der Waals surface area contributed by atoms with Gasteiger partial charge in [-0.15, -0.1) is 0 Å². The number of amides is 1. The van der Waals surface area contributed by atoms with E-state index in [1.165, 1.54) is 11.1 Å². The van der Waals surface area contributed by atoms with E-state index in [9.17, 15) is 9.59 Å². The Labute approximate surface area is 104 Å². The first-order chi connectivity index (χ1) is 8.63. The number of rotatable bonds is 3. The summed E-state index contributed by atoms with van der Waals surface area (Å²) in [5.74, 6) is -1.36. The van der Waals surface area contributed by atoms with E-state index >= 15 is 0 Å². The molecule has 1 aromatic heterocycles. The predicted octanol–water partition coefficient (Wildman–Crippen LogP) is -0.171. The summed E-state index contributed by atoms with van der Waals surface area (Å²) in [6, 6.07) is -0.920.